The highest BCUT2D eigenvalue weighted by molar-refractivity contribution is 5.79. The number of aliphatic carboxylic acids is 1. The van der Waals surface area contributed by atoms with Gasteiger partial charge in [-0.3, -0.25) is 4.79 Å². The molecule has 0 aliphatic carbocycles. The number of amides is 1. The smallest absolute Gasteiger partial charge is 0.334 e. The van der Waals surface area contributed by atoms with E-state index in [1.165, 1.54) is 4.90 Å². The van der Waals surface area contributed by atoms with Gasteiger partial charge in [-0.2, -0.15) is 0 Å². The van der Waals surface area contributed by atoms with Crippen molar-refractivity contribution in [1.29, 1.82) is 0 Å². The maximum absolute atomic E-state index is 12.1. The van der Waals surface area contributed by atoms with Crippen LogP contribution in [0.4, 0.5) is 0 Å². The van der Waals surface area contributed by atoms with Gasteiger partial charge in [-0.05, 0) is 19.1 Å². The number of ether oxygens (including phenoxy) is 3. The van der Waals surface area contributed by atoms with E-state index in [2.05, 4.69) is 0 Å². The Bertz CT molecular complexity index is 533. The van der Waals surface area contributed by atoms with E-state index in [4.69, 9.17) is 19.3 Å². The normalized spacial score (nSPS) is 17.9. The molecule has 1 aromatic carbocycles. The Balaban J connectivity index is 1.91. The lowest BCUT2D eigenvalue weighted by Crippen LogP contribution is -2.49. The molecule has 1 fully saturated rings. The van der Waals surface area contributed by atoms with Crippen LogP contribution < -0.4 is 9.47 Å². The standard InChI is InChI=1S/C15H19NO6/c1-2-20-11-5-3-4-6-12(11)22-10-14(17)16-7-8-21-13(9-16)15(18)19/h3-6,13H,2,7-10H2,1H3,(H,18,19). The molecule has 1 aromatic rings. The quantitative estimate of drug-likeness (QED) is 0.835. The first-order chi connectivity index (χ1) is 10.6. The van der Waals surface area contributed by atoms with Crippen LogP contribution in [0, 0.1) is 0 Å². The van der Waals surface area contributed by atoms with Gasteiger partial charge in [0.05, 0.1) is 19.8 Å². The third-order valence-electron chi connectivity index (χ3n) is 3.19. The Morgan fingerprint density at radius 1 is 1.32 bits per heavy atom. The Morgan fingerprint density at radius 2 is 2.00 bits per heavy atom. The molecule has 1 amide bonds. The van der Waals surface area contributed by atoms with Crippen LogP contribution in [0.5, 0.6) is 11.5 Å². The van der Waals surface area contributed by atoms with Crippen LogP contribution in [-0.4, -0.2) is 60.9 Å². The minimum absolute atomic E-state index is 0.0324. The third-order valence-corrected chi connectivity index (χ3v) is 3.19. The summed E-state index contributed by atoms with van der Waals surface area (Å²) in [6.07, 6.45) is -0.978. The maximum atomic E-state index is 12.1. The number of hydrogen-bond acceptors (Lipinski definition) is 5. The number of hydrogen-bond donors (Lipinski definition) is 1. The molecule has 0 bridgehead atoms. The number of carboxylic acids is 1. The molecular weight excluding hydrogens is 290 g/mol. The maximum Gasteiger partial charge on any atom is 0.334 e. The van der Waals surface area contributed by atoms with Crippen LogP contribution in [0.25, 0.3) is 0 Å². The fourth-order valence-corrected chi connectivity index (χ4v) is 2.10. The molecule has 0 aromatic heterocycles. The van der Waals surface area contributed by atoms with Gasteiger partial charge in [-0.15, -0.1) is 0 Å². The average Bonchev–Trinajstić information content (AvgIpc) is 2.54. The van der Waals surface area contributed by atoms with Crippen LogP contribution in [0.3, 0.4) is 0 Å². The van der Waals surface area contributed by atoms with Gasteiger partial charge in [0.15, 0.2) is 24.2 Å². The first-order valence-electron chi connectivity index (χ1n) is 7.08. The van der Waals surface area contributed by atoms with Crippen molar-refractivity contribution >= 4 is 11.9 Å². The van der Waals surface area contributed by atoms with Crippen molar-refractivity contribution < 1.29 is 28.9 Å². The largest absolute Gasteiger partial charge is 0.490 e. The Kier molecular flexibility index (Phi) is 5.60. The van der Waals surface area contributed by atoms with E-state index < -0.39 is 12.1 Å². The monoisotopic (exact) mass is 309 g/mol. The summed E-state index contributed by atoms with van der Waals surface area (Å²) in [6.45, 7) is 2.79. The highest BCUT2D eigenvalue weighted by Crippen LogP contribution is 2.26. The fourth-order valence-electron chi connectivity index (χ4n) is 2.10. The van der Waals surface area contributed by atoms with Gasteiger partial charge in [0.2, 0.25) is 0 Å². The summed E-state index contributed by atoms with van der Waals surface area (Å²) in [4.78, 5) is 24.5. The van der Waals surface area contributed by atoms with Gasteiger partial charge >= 0.3 is 5.97 Å². The molecule has 7 heteroatoms. The van der Waals surface area contributed by atoms with Crippen LogP contribution in [0.2, 0.25) is 0 Å². The minimum atomic E-state index is -1.07. The molecule has 1 atom stereocenters. The molecule has 1 heterocycles. The molecule has 1 saturated heterocycles. The summed E-state index contributed by atoms with van der Waals surface area (Å²) in [5.41, 5.74) is 0. The summed E-state index contributed by atoms with van der Waals surface area (Å²) in [6, 6.07) is 7.09. The zero-order valence-electron chi connectivity index (χ0n) is 12.4. The van der Waals surface area contributed by atoms with Gasteiger partial charge in [0.1, 0.15) is 0 Å². The predicted molar refractivity (Wildman–Crippen MR) is 77.1 cm³/mol. The second-order valence-electron chi connectivity index (χ2n) is 4.71. The van der Waals surface area contributed by atoms with Crippen LogP contribution in [-0.2, 0) is 14.3 Å². The SMILES string of the molecule is CCOc1ccccc1OCC(=O)N1CCOC(C(=O)O)C1. The summed E-state index contributed by atoms with van der Waals surface area (Å²) in [5, 5.41) is 8.93. The number of benzene rings is 1. The summed E-state index contributed by atoms with van der Waals surface area (Å²) in [5.74, 6) is -0.287. The molecule has 0 saturated carbocycles. The van der Waals surface area contributed by atoms with Gasteiger partial charge in [-0.1, -0.05) is 12.1 Å². The number of nitrogens with zero attached hydrogens (tertiary/aromatic N) is 1. The van der Waals surface area contributed by atoms with E-state index in [0.29, 0.717) is 24.7 Å². The molecular formula is C15H19NO6. The third kappa shape index (κ3) is 4.11. The molecule has 120 valence electrons. The van der Waals surface area contributed by atoms with Gasteiger partial charge < -0.3 is 24.2 Å². The Hall–Kier alpha value is -2.28. The number of rotatable bonds is 6. The summed E-state index contributed by atoms with van der Waals surface area (Å²) < 4.78 is 16.0. The van der Waals surface area contributed by atoms with Gasteiger partial charge in [0.25, 0.3) is 5.91 Å². The average molecular weight is 309 g/mol. The number of morpholine rings is 1. The van der Waals surface area contributed by atoms with Crippen molar-refractivity contribution in [3.63, 3.8) is 0 Å². The number of carbonyl (C=O) groups excluding carboxylic acids is 1. The lowest BCUT2D eigenvalue weighted by molar-refractivity contribution is -0.159. The van der Waals surface area contributed by atoms with Crippen molar-refractivity contribution in [1.82, 2.24) is 4.90 Å². The molecule has 1 N–H and O–H groups in total. The fraction of sp³-hybridized carbons (Fsp3) is 0.467. The van der Waals surface area contributed by atoms with E-state index in [9.17, 15) is 9.59 Å². The minimum Gasteiger partial charge on any atom is -0.490 e. The Labute approximate surface area is 128 Å². The lowest BCUT2D eigenvalue weighted by Gasteiger charge is -2.30. The van der Waals surface area contributed by atoms with E-state index in [1.54, 1.807) is 18.2 Å². The van der Waals surface area contributed by atoms with E-state index >= 15 is 0 Å². The van der Waals surface area contributed by atoms with Crippen LogP contribution >= 0.6 is 0 Å². The zero-order valence-corrected chi connectivity index (χ0v) is 12.4. The second kappa shape index (κ2) is 7.65. The molecule has 0 spiro atoms. The van der Waals surface area contributed by atoms with Gasteiger partial charge in [-0.25, -0.2) is 4.79 Å². The highest BCUT2D eigenvalue weighted by Gasteiger charge is 2.29. The van der Waals surface area contributed by atoms with Crippen LogP contribution in [0.1, 0.15) is 6.92 Å². The predicted octanol–water partition coefficient (Wildman–Crippen LogP) is 0.776. The van der Waals surface area contributed by atoms with E-state index in [1.807, 2.05) is 13.0 Å². The van der Waals surface area contributed by atoms with Crippen molar-refractivity contribution in [2.24, 2.45) is 0 Å². The molecule has 0 radical (unpaired) electrons. The lowest BCUT2D eigenvalue weighted by atomic mass is 10.2. The summed E-state index contributed by atoms with van der Waals surface area (Å²) in [7, 11) is 0. The van der Waals surface area contributed by atoms with Crippen LogP contribution in [0.15, 0.2) is 24.3 Å². The summed E-state index contributed by atoms with van der Waals surface area (Å²) >= 11 is 0. The molecule has 1 aliphatic heterocycles. The number of carbonyl (C=O) groups is 2. The van der Waals surface area contributed by atoms with Crippen molar-refractivity contribution in [3.05, 3.63) is 24.3 Å². The molecule has 7 nitrogen and oxygen atoms in total. The number of para-hydroxylation sites is 2. The Morgan fingerprint density at radius 3 is 2.64 bits per heavy atom. The molecule has 22 heavy (non-hydrogen) atoms. The zero-order chi connectivity index (χ0) is 15.9. The number of carboxylic acid groups (broad SMARTS) is 1. The topological polar surface area (TPSA) is 85.3 Å². The highest BCUT2D eigenvalue weighted by atomic mass is 16.5. The van der Waals surface area contributed by atoms with E-state index in [-0.39, 0.29) is 25.7 Å². The van der Waals surface area contributed by atoms with Crippen molar-refractivity contribution in [2.75, 3.05) is 32.9 Å². The molecule has 1 unspecified atom stereocenters. The first kappa shape index (κ1) is 16.1. The second-order valence-corrected chi connectivity index (χ2v) is 4.71. The molecule has 2 rings (SSSR count). The van der Waals surface area contributed by atoms with Gasteiger partial charge in [0, 0.05) is 6.54 Å². The van der Waals surface area contributed by atoms with Crippen molar-refractivity contribution in [3.8, 4) is 11.5 Å². The van der Waals surface area contributed by atoms with Crippen molar-refractivity contribution in [2.45, 2.75) is 13.0 Å². The van der Waals surface area contributed by atoms with E-state index in [0.717, 1.165) is 0 Å². The molecule has 1 aliphatic rings. The first-order valence-corrected chi connectivity index (χ1v) is 7.08.